The highest BCUT2D eigenvalue weighted by molar-refractivity contribution is 9.10. The minimum Gasteiger partial charge on any atom is -0.496 e. The third-order valence-electron chi connectivity index (χ3n) is 4.47. The second-order valence-electron chi connectivity index (χ2n) is 6.90. The highest BCUT2D eigenvalue weighted by Gasteiger charge is 2.15. The van der Waals surface area contributed by atoms with Gasteiger partial charge < -0.3 is 20.5 Å². The first-order valence-electron chi connectivity index (χ1n) is 9.71. The third-order valence-corrected chi connectivity index (χ3v) is 6.46. The van der Waals surface area contributed by atoms with Gasteiger partial charge in [-0.3, -0.25) is 0 Å². The molecule has 1 aromatic heterocycles. The summed E-state index contributed by atoms with van der Waals surface area (Å²) in [5.74, 6) is 1.47. The fourth-order valence-electron chi connectivity index (χ4n) is 2.76. The molecule has 4 N–H and O–H groups in total. The van der Waals surface area contributed by atoms with Crippen molar-refractivity contribution in [2.24, 2.45) is 0 Å². The smallest absolute Gasteiger partial charge is 0.240 e. The number of nitrogens with one attached hydrogen (secondary N) is 3. The lowest BCUT2D eigenvalue weighted by molar-refractivity contribution is 0.281. The molecular weight excluding hydrogens is 498 g/mol. The summed E-state index contributed by atoms with van der Waals surface area (Å²) in [5, 5.41) is 15.3. The van der Waals surface area contributed by atoms with Crippen LogP contribution in [-0.2, 0) is 16.6 Å². The standard InChI is InChI=1S/C21H24BrN5O4S/c1-14(13-28)25-20-18(22)12-23-21(27-20)26-16-7-9-17(10-8-16)32(29,30)24-11-15-5-3-4-6-19(15)31-2/h3-10,12,14,24,28H,11,13H2,1-2H3,(H2,23,25,26,27)/t14-/m1/s1. The first kappa shape index (κ1) is 23.9. The molecule has 32 heavy (non-hydrogen) atoms. The Bertz CT molecular complexity index is 1160. The van der Waals surface area contributed by atoms with E-state index in [4.69, 9.17) is 4.74 Å². The quantitative estimate of drug-likeness (QED) is 0.320. The van der Waals surface area contributed by atoms with E-state index in [0.717, 1.165) is 5.56 Å². The molecule has 170 valence electrons. The van der Waals surface area contributed by atoms with E-state index < -0.39 is 10.0 Å². The van der Waals surface area contributed by atoms with Crippen molar-refractivity contribution in [2.75, 3.05) is 24.4 Å². The zero-order valence-electron chi connectivity index (χ0n) is 17.5. The van der Waals surface area contributed by atoms with E-state index in [2.05, 4.69) is 41.3 Å². The van der Waals surface area contributed by atoms with Crippen molar-refractivity contribution < 1.29 is 18.3 Å². The molecule has 3 aromatic rings. The number of nitrogens with zero attached hydrogens (tertiary/aromatic N) is 2. The average Bonchev–Trinajstić information content (AvgIpc) is 2.80. The normalized spacial score (nSPS) is 12.2. The Balaban J connectivity index is 1.68. The summed E-state index contributed by atoms with van der Waals surface area (Å²) >= 11 is 3.37. The molecule has 0 spiro atoms. The largest absolute Gasteiger partial charge is 0.496 e. The van der Waals surface area contributed by atoms with Crippen molar-refractivity contribution >= 4 is 43.4 Å². The number of ether oxygens (including phenoxy) is 1. The van der Waals surface area contributed by atoms with E-state index >= 15 is 0 Å². The van der Waals surface area contributed by atoms with Crippen molar-refractivity contribution in [3.05, 3.63) is 64.8 Å². The molecular formula is C21H24BrN5O4S. The average molecular weight is 522 g/mol. The van der Waals surface area contributed by atoms with Crippen molar-refractivity contribution in [1.82, 2.24) is 14.7 Å². The van der Waals surface area contributed by atoms with Gasteiger partial charge in [0.05, 0.1) is 23.1 Å². The van der Waals surface area contributed by atoms with Crippen LogP contribution in [0.15, 0.2) is 64.1 Å². The second-order valence-corrected chi connectivity index (χ2v) is 9.53. The molecule has 1 heterocycles. The number of halogens is 1. The van der Waals surface area contributed by atoms with Gasteiger partial charge in [-0.05, 0) is 53.2 Å². The fraction of sp³-hybridized carbons (Fsp3) is 0.238. The van der Waals surface area contributed by atoms with Crippen LogP contribution in [0.3, 0.4) is 0 Å². The molecule has 0 aliphatic carbocycles. The summed E-state index contributed by atoms with van der Waals surface area (Å²) in [4.78, 5) is 8.71. The Morgan fingerprint density at radius 3 is 2.56 bits per heavy atom. The van der Waals surface area contributed by atoms with E-state index in [0.29, 0.717) is 27.7 Å². The van der Waals surface area contributed by atoms with Crippen LogP contribution >= 0.6 is 15.9 Å². The van der Waals surface area contributed by atoms with Crippen molar-refractivity contribution in [3.8, 4) is 5.75 Å². The number of benzene rings is 2. The van der Waals surface area contributed by atoms with Crippen LogP contribution in [0.25, 0.3) is 0 Å². The maximum Gasteiger partial charge on any atom is 0.240 e. The van der Waals surface area contributed by atoms with E-state index in [1.165, 1.54) is 12.1 Å². The lowest BCUT2D eigenvalue weighted by Crippen LogP contribution is -2.23. The Morgan fingerprint density at radius 1 is 1.16 bits per heavy atom. The van der Waals surface area contributed by atoms with Crippen molar-refractivity contribution in [3.63, 3.8) is 0 Å². The molecule has 0 aliphatic rings. The van der Waals surface area contributed by atoms with Gasteiger partial charge in [-0.1, -0.05) is 18.2 Å². The number of methoxy groups -OCH3 is 1. The molecule has 0 amide bonds. The van der Waals surface area contributed by atoms with Crippen LogP contribution in [0, 0.1) is 0 Å². The predicted octanol–water partition coefficient (Wildman–Crippen LogP) is 3.26. The number of aliphatic hydroxyl groups excluding tert-OH is 1. The van der Waals surface area contributed by atoms with Gasteiger partial charge in [-0.25, -0.2) is 18.1 Å². The van der Waals surface area contributed by atoms with Gasteiger partial charge in [0.25, 0.3) is 0 Å². The van der Waals surface area contributed by atoms with Crippen LogP contribution in [0.4, 0.5) is 17.5 Å². The minimum atomic E-state index is -3.71. The van der Waals surface area contributed by atoms with Crippen LogP contribution in [0.5, 0.6) is 5.75 Å². The van der Waals surface area contributed by atoms with Crippen LogP contribution < -0.4 is 20.1 Å². The molecule has 0 radical (unpaired) electrons. The Morgan fingerprint density at radius 2 is 1.88 bits per heavy atom. The highest BCUT2D eigenvalue weighted by atomic mass is 79.9. The lowest BCUT2D eigenvalue weighted by atomic mass is 10.2. The maximum atomic E-state index is 12.7. The van der Waals surface area contributed by atoms with Gasteiger partial charge in [-0.2, -0.15) is 4.98 Å². The number of aromatic nitrogens is 2. The first-order chi connectivity index (χ1) is 15.3. The molecule has 0 unspecified atom stereocenters. The molecule has 0 saturated carbocycles. The van der Waals surface area contributed by atoms with Crippen LogP contribution in [0.1, 0.15) is 12.5 Å². The van der Waals surface area contributed by atoms with E-state index in [9.17, 15) is 13.5 Å². The molecule has 0 saturated heterocycles. The maximum absolute atomic E-state index is 12.7. The van der Waals surface area contributed by atoms with E-state index in [1.54, 1.807) is 37.6 Å². The number of sulfonamides is 1. The summed E-state index contributed by atoms with van der Waals surface area (Å²) in [6.45, 7) is 1.89. The highest BCUT2D eigenvalue weighted by Crippen LogP contribution is 2.23. The van der Waals surface area contributed by atoms with E-state index in [-0.39, 0.29) is 24.1 Å². The zero-order valence-corrected chi connectivity index (χ0v) is 19.9. The number of aliphatic hydroxyl groups is 1. The lowest BCUT2D eigenvalue weighted by Gasteiger charge is -2.14. The SMILES string of the molecule is COc1ccccc1CNS(=O)(=O)c1ccc(Nc2ncc(Br)c(N[C@H](C)CO)n2)cc1. The topological polar surface area (TPSA) is 125 Å². The number of hydrogen-bond donors (Lipinski definition) is 4. The predicted molar refractivity (Wildman–Crippen MR) is 127 cm³/mol. The number of rotatable bonds is 10. The summed E-state index contributed by atoms with van der Waals surface area (Å²) in [6.07, 6.45) is 1.59. The molecule has 1 atom stereocenters. The molecule has 0 bridgehead atoms. The number of anilines is 3. The Labute approximate surface area is 195 Å². The molecule has 3 rings (SSSR count). The summed E-state index contributed by atoms with van der Waals surface area (Å²) < 4.78 is 33.8. The van der Waals surface area contributed by atoms with Gasteiger partial charge in [-0.15, -0.1) is 0 Å². The van der Waals surface area contributed by atoms with Crippen LogP contribution in [0.2, 0.25) is 0 Å². The number of hydrogen-bond acceptors (Lipinski definition) is 8. The summed E-state index contributed by atoms with van der Waals surface area (Å²) in [6, 6.07) is 13.3. The molecule has 2 aromatic carbocycles. The van der Waals surface area contributed by atoms with Gasteiger partial charge in [0.1, 0.15) is 11.6 Å². The fourth-order valence-corrected chi connectivity index (χ4v) is 4.07. The monoisotopic (exact) mass is 521 g/mol. The first-order valence-corrected chi connectivity index (χ1v) is 12.0. The van der Waals surface area contributed by atoms with Crippen LogP contribution in [-0.4, -0.2) is 43.3 Å². The summed E-state index contributed by atoms with van der Waals surface area (Å²) in [7, 11) is -2.16. The molecule has 9 nitrogen and oxygen atoms in total. The van der Waals surface area contributed by atoms with Gasteiger partial charge >= 0.3 is 0 Å². The van der Waals surface area contributed by atoms with Gasteiger partial charge in [0, 0.05) is 30.0 Å². The Hall–Kier alpha value is -2.73. The molecule has 0 aliphatic heterocycles. The van der Waals surface area contributed by atoms with Crippen molar-refractivity contribution in [2.45, 2.75) is 24.4 Å². The molecule has 11 heteroatoms. The minimum absolute atomic E-state index is 0.0414. The number of para-hydroxylation sites is 1. The summed E-state index contributed by atoms with van der Waals surface area (Å²) in [5.41, 5.74) is 1.36. The van der Waals surface area contributed by atoms with Gasteiger partial charge in [0.2, 0.25) is 16.0 Å². The van der Waals surface area contributed by atoms with E-state index in [1.807, 2.05) is 19.1 Å². The third kappa shape index (κ3) is 6.16. The molecule has 0 fully saturated rings. The zero-order chi connectivity index (χ0) is 23.1. The van der Waals surface area contributed by atoms with Gasteiger partial charge in [0.15, 0.2) is 0 Å². The second kappa shape index (κ2) is 10.7. The Kier molecular flexibility index (Phi) is 8.02. The van der Waals surface area contributed by atoms with Crippen molar-refractivity contribution in [1.29, 1.82) is 0 Å².